The molecule has 0 saturated carbocycles. The summed E-state index contributed by atoms with van der Waals surface area (Å²) in [6.45, 7) is 5.40. The summed E-state index contributed by atoms with van der Waals surface area (Å²) < 4.78 is 15.6. The topological polar surface area (TPSA) is 84.2 Å². The Kier molecular flexibility index (Phi) is 11.5. The lowest BCUT2D eigenvalue weighted by atomic mass is 10.1. The minimum atomic E-state index is -0.720. The maximum absolute atomic E-state index is 13.6. The summed E-state index contributed by atoms with van der Waals surface area (Å²) in [7, 11) is 0. The molecule has 0 bridgehead atoms. The Bertz CT molecular complexity index is 1160. The van der Waals surface area contributed by atoms with Crippen molar-refractivity contribution in [2.75, 3.05) is 6.54 Å². The molecule has 38 heavy (non-hydrogen) atoms. The molecular formula is C31H40FN3O3. The third-order valence-electron chi connectivity index (χ3n) is 6.48. The molecule has 0 saturated heterocycles. The maximum Gasteiger partial charge on any atom is 0.303 e. The number of carbonyl (C=O) groups excluding carboxylic acids is 1. The van der Waals surface area contributed by atoms with Crippen LogP contribution in [0.1, 0.15) is 82.1 Å². The number of halogens is 1. The van der Waals surface area contributed by atoms with Gasteiger partial charge in [-0.3, -0.25) is 9.59 Å². The predicted octanol–water partition coefficient (Wildman–Crippen LogP) is 7.34. The van der Waals surface area contributed by atoms with E-state index in [-0.39, 0.29) is 24.1 Å². The number of imidazole rings is 1. The van der Waals surface area contributed by atoms with E-state index < -0.39 is 5.97 Å². The van der Waals surface area contributed by atoms with E-state index >= 15 is 0 Å². The lowest BCUT2D eigenvalue weighted by Gasteiger charge is -2.15. The van der Waals surface area contributed by atoms with Crippen LogP contribution in [0.3, 0.4) is 0 Å². The highest BCUT2D eigenvalue weighted by atomic mass is 19.1. The van der Waals surface area contributed by atoms with Crippen LogP contribution in [0.2, 0.25) is 0 Å². The van der Waals surface area contributed by atoms with Gasteiger partial charge in [0.15, 0.2) is 0 Å². The van der Waals surface area contributed by atoms with Crippen LogP contribution in [0.25, 0.3) is 22.6 Å². The molecule has 0 aliphatic carbocycles. The van der Waals surface area contributed by atoms with Crippen molar-refractivity contribution in [3.05, 3.63) is 66.1 Å². The average molecular weight is 522 g/mol. The number of nitrogens with zero attached hydrogens (tertiary/aromatic N) is 2. The smallest absolute Gasteiger partial charge is 0.303 e. The van der Waals surface area contributed by atoms with Crippen molar-refractivity contribution < 1.29 is 19.1 Å². The van der Waals surface area contributed by atoms with Crippen molar-refractivity contribution in [1.82, 2.24) is 14.9 Å². The standard InChI is InChI=1S/C31H40FN3O3/c1-23(2)22-35-29(31(38)33-21-13-8-6-4-3-5-7-12-16-27(36)37)28(24-14-10-9-11-15-24)34-30(35)25-17-19-26(32)20-18-25/h9-11,14-15,17-20,23H,3-8,12-13,16,21-22H2,1-2H3,(H,33,38)(H,36,37). The lowest BCUT2D eigenvalue weighted by Crippen LogP contribution is -2.28. The zero-order valence-electron chi connectivity index (χ0n) is 22.6. The van der Waals surface area contributed by atoms with E-state index in [4.69, 9.17) is 10.1 Å². The summed E-state index contributed by atoms with van der Waals surface area (Å²) in [6.07, 6.45) is 8.33. The Labute approximate surface area is 225 Å². The number of amides is 1. The van der Waals surface area contributed by atoms with E-state index in [1.165, 1.54) is 12.1 Å². The van der Waals surface area contributed by atoms with Crippen LogP contribution in [-0.4, -0.2) is 33.1 Å². The number of carboxylic acids is 1. The Morgan fingerprint density at radius 3 is 2.08 bits per heavy atom. The summed E-state index contributed by atoms with van der Waals surface area (Å²) >= 11 is 0. The summed E-state index contributed by atoms with van der Waals surface area (Å²) in [4.78, 5) is 29.0. The van der Waals surface area contributed by atoms with Crippen LogP contribution >= 0.6 is 0 Å². The largest absolute Gasteiger partial charge is 0.481 e. The van der Waals surface area contributed by atoms with Gasteiger partial charge in [0.25, 0.3) is 5.91 Å². The molecule has 2 aromatic carbocycles. The molecule has 6 nitrogen and oxygen atoms in total. The molecular weight excluding hydrogens is 481 g/mol. The molecule has 0 unspecified atom stereocenters. The minimum absolute atomic E-state index is 0.149. The molecule has 0 spiro atoms. The molecule has 1 aromatic heterocycles. The molecule has 0 aliphatic rings. The van der Waals surface area contributed by atoms with E-state index in [1.807, 2.05) is 34.9 Å². The molecule has 1 amide bonds. The first-order valence-corrected chi connectivity index (χ1v) is 13.8. The number of hydrogen-bond donors (Lipinski definition) is 2. The monoisotopic (exact) mass is 521 g/mol. The van der Waals surface area contributed by atoms with Gasteiger partial charge in [0.1, 0.15) is 23.0 Å². The quantitative estimate of drug-likeness (QED) is 0.193. The molecule has 204 valence electrons. The Balaban J connectivity index is 1.66. The second-order valence-corrected chi connectivity index (χ2v) is 10.2. The van der Waals surface area contributed by atoms with Crippen LogP contribution in [0.15, 0.2) is 54.6 Å². The van der Waals surface area contributed by atoms with Crippen molar-refractivity contribution in [3.8, 4) is 22.6 Å². The number of carboxylic acid groups (broad SMARTS) is 1. The van der Waals surface area contributed by atoms with E-state index in [0.29, 0.717) is 30.3 Å². The molecule has 3 aromatic rings. The first kappa shape index (κ1) is 29.1. The molecule has 7 heteroatoms. The van der Waals surface area contributed by atoms with Gasteiger partial charge in [-0.2, -0.15) is 0 Å². The van der Waals surface area contributed by atoms with E-state index in [9.17, 15) is 14.0 Å². The third kappa shape index (κ3) is 8.82. The number of benzene rings is 2. The highest BCUT2D eigenvalue weighted by Crippen LogP contribution is 2.30. The molecule has 0 atom stereocenters. The predicted molar refractivity (Wildman–Crippen MR) is 149 cm³/mol. The van der Waals surface area contributed by atoms with Crippen LogP contribution in [0.5, 0.6) is 0 Å². The second-order valence-electron chi connectivity index (χ2n) is 10.2. The lowest BCUT2D eigenvalue weighted by molar-refractivity contribution is -0.137. The summed E-state index contributed by atoms with van der Waals surface area (Å²) in [6, 6.07) is 16.0. The number of nitrogens with one attached hydrogen (secondary N) is 1. The fourth-order valence-corrected chi connectivity index (χ4v) is 4.59. The SMILES string of the molecule is CC(C)Cn1c(-c2ccc(F)cc2)nc(-c2ccccc2)c1C(=O)NCCCCCCCCCCC(=O)O. The second kappa shape index (κ2) is 15.1. The van der Waals surface area contributed by atoms with Gasteiger partial charge in [0, 0.05) is 30.6 Å². The fraction of sp³-hybridized carbons (Fsp3) is 0.452. The van der Waals surface area contributed by atoms with Gasteiger partial charge in [0.2, 0.25) is 0 Å². The molecule has 2 N–H and O–H groups in total. The molecule has 0 radical (unpaired) electrons. The van der Waals surface area contributed by atoms with Gasteiger partial charge < -0.3 is 15.0 Å². The van der Waals surface area contributed by atoms with Gasteiger partial charge in [0.05, 0.1) is 0 Å². The summed E-state index contributed by atoms with van der Waals surface area (Å²) in [5, 5.41) is 11.8. The van der Waals surface area contributed by atoms with Crippen molar-refractivity contribution in [1.29, 1.82) is 0 Å². The number of unbranched alkanes of at least 4 members (excludes halogenated alkanes) is 7. The number of aromatic nitrogens is 2. The highest BCUT2D eigenvalue weighted by molar-refractivity contribution is 5.99. The van der Waals surface area contributed by atoms with E-state index in [1.54, 1.807) is 12.1 Å². The third-order valence-corrected chi connectivity index (χ3v) is 6.48. The van der Waals surface area contributed by atoms with Crippen molar-refractivity contribution >= 4 is 11.9 Å². The van der Waals surface area contributed by atoms with E-state index in [2.05, 4.69) is 19.2 Å². The molecule has 0 aliphatic heterocycles. The van der Waals surface area contributed by atoms with Gasteiger partial charge in [-0.15, -0.1) is 0 Å². The van der Waals surface area contributed by atoms with Crippen molar-refractivity contribution in [3.63, 3.8) is 0 Å². The number of carbonyl (C=O) groups is 2. The van der Waals surface area contributed by atoms with Crippen LogP contribution in [0.4, 0.5) is 4.39 Å². The van der Waals surface area contributed by atoms with Gasteiger partial charge >= 0.3 is 5.97 Å². The van der Waals surface area contributed by atoms with Crippen LogP contribution < -0.4 is 5.32 Å². The Morgan fingerprint density at radius 2 is 1.47 bits per heavy atom. The number of rotatable bonds is 16. The van der Waals surface area contributed by atoms with Gasteiger partial charge in [-0.05, 0) is 43.0 Å². The normalized spacial score (nSPS) is 11.2. The minimum Gasteiger partial charge on any atom is -0.481 e. The first-order valence-electron chi connectivity index (χ1n) is 13.8. The summed E-state index contributed by atoms with van der Waals surface area (Å²) in [5.41, 5.74) is 2.80. The van der Waals surface area contributed by atoms with Gasteiger partial charge in [-0.1, -0.05) is 82.7 Å². The van der Waals surface area contributed by atoms with Crippen LogP contribution in [-0.2, 0) is 11.3 Å². The Morgan fingerprint density at radius 1 is 0.868 bits per heavy atom. The zero-order chi connectivity index (χ0) is 27.3. The van der Waals surface area contributed by atoms with E-state index in [0.717, 1.165) is 62.5 Å². The number of aliphatic carboxylic acids is 1. The Hall–Kier alpha value is -3.48. The van der Waals surface area contributed by atoms with Gasteiger partial charge in [-0.25, -0.2) is 9.37 Å². The maximum atomic E-state index is 13.6. The average Bonchev–Trinajstić information content (AvgIpc) is 3.26. The molecule has 1 heterocycles. The molecule has 3 rings (SSSR count). The highest BCUT2D eigenvalue weighted by Gasteiger charge is 2.25. The number of hydrogen-bond acceptors (Lipinski definition) is 3. The fourth-order valence-electron chi connectivity index (χ4n) is 4.59. The zero-order valence-corrected chi connectivity index (χ0v) is 22.6. The van der Waals surface area contributed by atoms with Crippen molar-refractivity contribution in [2.45, 2.75) is 78.2 Å². The van der Waals surface area contributed by atoms with Crippen molar-refractivity contribution in [2.24, 2.45) is 5.92 Å². The summed E-state index contributed by atoms with van der Waals surface area (Å²) in [5.74, 6) is -0.241. The molecule has 0 fully saturated rings. The van der Waals surface area contributed by atoms with Crippen LogP contribution in [0, 0.1) is 11.7 Å². The first-order chi connectivity index (χ1) is 18.4.